The van der Waals surface area contributed by atoms with E-state index in [-0.39, 0.29) is 43.8 Å². The van der Waals surface area contributed by atoms with Gasteiger partial charge in [-0.1, -0.05) is 23.2 Å². The molecule has 1 heterocycles. The number of phenolic OH excluding ortho intramolecular Hbond substituents is 2. The third-order valence-electron chi connectivity index (χ3n) is 5.15. The van der Waals surface area contributed by atoms with Crippen molar-refractivity contribution in [3.63, 3.8) is 0 Å². The molecule has 0 radical (unpaired) electrons. The number of hydrogen-bond acceptors (Lipinski definition) is 3. The van der Waals surface area contributed by atoms with Gasteiger partial charge in [-0.3, -0.25) is 0 Å². The van der Waals surface area contributed by atoms with E-state index < -0.39 is 11.6 Å². The van der Waals surface area contributed by atoms with Crippen LogP contribution in [0.1, 0.15) is 0 Å². The van der Waals surface area contributed by atoms with Crippen molar-refractivity contribution in [1.82, 2.24) is 0 Å². The number of aromatic hydroxyl groups is 2. The first kappa shape index (κ1) is 19.7. The second-order valence-corrected chi connectivity index (χ2v) is 7.92. The quantitative estimate of drug-likeness (QED) is 0.283. The average molecular weight is 457 g/mol. The van der Waals surface area contributed by atoms with Crippen LogP contribution in [0.15, 0.2) is 65.1 Å². The van der Waals surface area contributed by atoms with Crippen molar-refractivity contribution in [2.75, 3.05) is 0 Å². The normalized spacial score (nSPS) is 11.5. The highest BCUT2D eigenvalue weighted by Gasteiger charge is 2.21. The molecular weight excluding hydrogens is 445 g/mol. The summed E-state index contributed by atoms with van der Waals surface area (Å²) in [6.07, 6.45) is 0. The third kappa shape index (κ3) is 3.17. The first-order chi connectivity index (χ1) is 14.8. The van der Waals surface area contributed by atoms with Crippen LogP contribution in [0, 0.1) is 11.6 Å². The van der Waals surface area contributed by atoms with Crippen molar-refractivity contribution < 1.29 is 23.4 Å². The molecule has 2 N–H and O–H groups in total. The van der Waals surface area contributed by atoms with E-state index in [1.807, 2.05) is 0 Å². The van der Waals surface area contributed by atoms with Crippen LogP contribution in [0.2, 0.25) is 10.0 Å². The molecule has 0 saturated carbocycles. The number of fused-ring (bicyclic) bond motifs is 3. The lowest BCUT2D eigenvalue weighted by Gasteiger charge is -2.09. The molecule has 0 saturated heterocycles. The van der Waals surface area contributed by atoms with Gasteiger partial charge < -0.3 is 14.6 Å². The molecule has 0 aliphatic rings. The number of phenols is 2. The molecule has 0 aliphatic carbocycles. The second kappa shape index (κ2) is 7.15. The Morgan fingerprint density at radius 3 is 1.94 bits per heavy atom. The summed E-state index contributed by atoms with van der Waals surface area (Å²) in [5.74, 6) is -1.58. The fraction of sp³-hybridized carbons (Fsp3) is 0. The van der Waals surface area contributed by atoms with E-state index in [1.54, 1.807) is 6.07 Å². The summed E-state index contributed by atoms with van der Waals surface area (Å²) in [4.78, 5) is 0. The summed E-state index contributed by atoms with van der Waals surface area (Å²) in [6, 6.07) is 14.1. The molecule has 0 fully saturated rings. The zero-order valence-corrected chi connectivity index (χ0v) is 17.1. The topological polar surface area (TPSA) is 53.6 Å². The van der Waals surface area contributed by atoms with Crippen LogP contribution < -0.4 is 0 Å². The van der Waals surface area contributed by atoms with Gasteiger partial charge in [-0.25, -0.2) is 8.78 Å². The van der Waals surface area contributed by atoms with Gasteiger partial charge in [-0.05, 0) is 60.7 Å². The van der Waals surface area contributed by atoms with Crippen molar-refractivity contribution in [3.8, 4) is 33.8 Å². The number of furan rings is 1. The molecule has 5 rings (SSSR count). The van der Waals surface area contributed by atoms with Crippen LogP contribution in [0.5, 0.6) is 11.5 Å². The largest absolute Gasteiger partial charge is 0.507 e. The van der Waals surface area contributed by atoms with E-state index in [1.165, 1.54) is 42.5 Å². The maximum absolute atomic E-state index is 14.7. The summed E-state index contributed by atoms with van der Waals surface area (Å²) in [5.41, 5.74) is 1.39. The second-order valence-electron chi connectivity index (χ2n) is 7.05. The molecule has 0 atom stereocenters. The third-order valence-corrected chi connectivity index (χ3v) is 5.62. The van der Waals surface area contributed by atoms with E-state index in [9.17, 15) is 19.0 Å². The van der Waals surface area contributed by atoms with Gasteiger partial charge in [0.15, 0.2) is 0 Å². The molecule has 154 valence electrons. The molecule has 5 aromatic rings. The highest BCUT2D eigenvalue weighted by molar-refractivity contribution is 6.31. The van der Waals surface area contributed by atoms with Gasteiger partial charge in [0.1, 0.15) is 34.3 Å². The first-order valence-corrected chi connectivity index (χ1v) is 9.91. The Hall–Kier alpha value is -3.28. The van der Waals surface area contributed by atoms with Gasteiger partial charge in [-0.15, -0.1) is 0 Å². The van der Waals surface area contributed by atoms with Gasteiger partial charge in [0.2, 0.25) is 0 Å². The van der Waals surface area contributed by atoms with E-state index in [0.717, 1.165) is 12.1 Å². The Labute approximate surface area is 184 Å². The minimum Gasteiger partial charge on any atom is -0.507 e. The molecular formula is C24H12Cl2F2O3. The van der Waals surface area contributed by atoms with Crippen LogP contribution in [0.3, 0.4) is 0 Å². The predicted octanol–water partition coefficient (Wildman–Crippen LogP) is 7.92. The number of halogens is 4. The molecule has 0 aliphatic heterocycles. The SMILES string of the molecule is Oc1cc2c(cc1-c1ccc(Cl)cc1F)oc1ccc(O)c(-c3ccc(Cl)cc3F)c12. The Balaban J connectivity index is 1.83. The maximum Gasteiger partial charge on any atom is 0.136 e. The minimum atomic E-state index is -0.617. The van der Waals surface area contributed by atoms with Gasteiger partial charge in [0.25, 0.3) is 0 Å². The summed E-state index contributed by atoms with van der Waals surface area (Å²) < 4.78 is 35.0. The molecule has 31 heavy (non-hydrogen) atoms. The fourth-order valence-electron chi connectivity index (χ4n) is 3.78. The van der Waals surface area contributed by atoms with E-state index in [4.69, 9.17) is 27.6 Å². The zero-order valence-electron chi connectivity index (χ0n) is 15.6. The van der Waals surface area contributed by atoms with Crippen molar-refractivity contribution >= 4 is 45.1 Å². The van der Waals surface area contributed by atoms with Gasteiger partial charge in [-0.2, -0.15) is 0 Å². The van der Waals surface area contributed by atoms with Crippen LogP contribution in [-0.4, -0.2) is 10.2 Å². The first-order valence-electron chi connectivity index (χ1n) is 9.15. The van der Waals surface area contributed by atoms with Gasteiger partial charge >= 0.3 is 0 Å². The van der Waals surface area contributed by atoms with Gasteiger partial charge in [0.05, 0.1) is 0 Å². The van der Waals surface area contributed by atoms with Crippen LogP contribution in [-0.2, 0) is 0 Å². The number of benzene rings is 4. The van der Waals surface area contributed by atoms with Gasteiger partial charge in [0, 0.05) is 43.1 Å². The molecule has 0 unspecified atom stereocenters. The maximum atomic E-state index is 14.7. The lowest BCUT2D eigenvalue weighted by Crippen LogP contribution is -1.87. The Kier molecular flexibility index (Phi) is 4.54. The molecule has 1 aromatic heterocycles. The molecule has 0 bridgehead atoms. The molecule has 0 spiro atoms. The molecule has 7 heteroatoms. The highest BCUT2D eigenvalue weighted by Crippen LogP contribution is 2.45. The van der Waals surface area contributed by atoms with Crippen LogP contribution >= 0.6 is 23.2 Å². The predicted molar refractivity (Wildman–Crippen MR) is 118 cm³/mol. The van der Waals surface area contributed by atoms with Crippen molar-refractivity contribution in [2.45, 2.75) is 0 Å². The fourth-order valence-corrected chi connectivity index (χ4v) is 4.10. The van der Waals surface area contributed by atoms with Crippen molar-refractivity contribution in [2.24, 2.45) is 0 Å². The smallest absolute Gasteiger partial charge is 0.136 e. The van der Waals surface area contributed by atoms with Crippen LogP contribution in [0.4, 0.5) is 8.78 Å². The standard InChI is InChI=1S/C24H12Cl2F2O3/c25-11-1-3-13(17(27)7-11)15-10-22-16(9-20(15)30)24-21(31-22)6-5-19(29)23(24)14-4-2-12(26)8-18(14)28/h1-10,29-30H. The molecule has 0 amide bonds. The number of hydrogen-bond donors (Lipinski definition) is 2. The lowest BCUT2D eigenvalue weighted by molar-refractivity contribution is 0.476. The van der Waals surface area contributed by atoms with E-state index in [2.05, 4.69) is 0 Å². The Morgan fingerprint density at radius 1 is 0.645 bits per heavy atom. The lowest BCUT2D eigenvalue weighted by atomic mass is 9.96. The Bertz CT molecular complexity index is 1510. The monoisotopic (exact) mass is 456 g/mol. The minimum absolute atomic E-state index is 0.127. The van der Waals surface area contributed by atoms with Crippen molar-refractivity contribution in [1.29, 1.82) is 0 Å². The molecule has 3 nitrogen and oxygen atoms in total. The van der Waals surface area contributed by atoms with Crippen LogP contribution in [0.25, 0.3) is 44.2 Å². The summed E-state index contributed by atoms with van der Waals surface area (Å²) in [7, 11) is 0. The Morgan fingerprint density at radius 2 is 1.29 bits per heavy atom. The average Bonchev–Trinajstić information content (AvgIpc) is 3.06. The summed E-state index contributed by atoms with van der Waals surface area (Å²) in [6.45, 7) is 0. The summed E-state index contributed by atoms with van der Waals surface area (Å²) >= 11 is 11.7. The van der Waals surface area contributed by atoms with E-state index in [0.29, 0.717) is 21.9 Å². The molecule has 4 aromatic carbocycles. The summed E-state index contributed by atoms with van der Waals surface area (Å²) in [5, 5.41) is 22.5. The highest BCUT2D eigenvalue weighted by atomic mass is 35.5. The van der Waals surface area contributed by atoms with Crippen molar-refractivity contribution in [3.05, 3.63) is 82.3 Å². The zero-order chi connectivity index (χ0) is 21.9. The van der Waals surface area contributed by atoms with E-state index >= 15 is 0 Å². The number of rotatable bonds is 2.